The summed E-state index contributed by atoms with van der Waals surface area (Å²) in [5, 5.41) is 21.7. The van der Waals surface area contributed by atoms with Gasteiger partial charge in [-0.1, -0.05) is 12.1 Å². The molecule has 2 aromatic carbocycles. The molecule has 0 amide bonds. The van der Waals surface area contributed by atoms with Gasteiger partial charge in [-0.2, -0.15) is 0 Å². The fourth-order valence-electron chi connectivity index (χ4n) is 5.61. The van der Waals surface area contributed by atoms with Crippen molar-refractivity contribution in [3.8, 4) is 0 Å². The van der Waals surface area contributed by atoms with Crippen molar-refractivity contribution in [2.75, 3.05) is 7.11 Å². The molecule has 1 heterocycles. The second-order valence-electron chi connectivity index (χ2n) is 9.23. The van der Waals surface area contributed by atoms with Gasteiger partial charge in [0.1, 0.15) is 18.0 Å². The highest BCUT2D eigenvalue weighted by molar-refractivity contribution is 5.89. The van der Waals surface area contributed by atoms with Gasteiger partial charge in [0.25, 0.3) is 5.92 Å². The van der Waals surface area contributed by atoms with E-state index in [1.54, 1.807) is 24.3 Å². The van der Waals surface area contributed by atoms with Crippen LogP contribution >= 0.6 is 0 Å². The van der Waals surface area contributed by atoms with E-state index in [0.29, 0.717) is 11.6 Å². The Morgan fingerprint density at radius 2 is 1.82 bits per heavy atom. The number of benzene rings is 2. The minimum Gasteiger partial charge on any atom is -0.465 e. The first-order valence-electron chi connectivity index (χ1n) is 10.5. The second-order valence-corrected chi connectivity index (χ2v) is 9.23. The average Bonchev–Trinajstić information content (AvgIpc) is 3.24. The number of tetrazole rings is 1. The summed E-state index contributed by atoms with van der Waals surface area (Å²) in [5.41, 5.74) is -4.71. The molecule has 6 rings (SSSR count). The van der Waals surface area contributed by atoms with Gasteiger partial charge in [-0.25, -0.2) is 27.0 Å². The number of halogens is 4. The summed E-state index contributed by atoms with van der Waals surface area (Å²) in [7, 11) is 1.27. The number of aliphatic hydroxyl groups is 1. The molecule has 3 saturated carbocycles. The molecule has 0 saturated heterocycles. The highest BCUT2D eigenvalue weighted by atomic mass is 19.3. The van der Waals surface area contributed by atoms with Gasteiger partial charge in [-0.15, -0.1) is 5.10 Å². The van der Waals surface area contributed by atoms with Gasteiger partial charge >= 0.3 is 5.97 Å². The van der Waals surface area contributed by atoms with Gasteiger partial charge in [-0.05, 0) is 64.9 Å². The molecule has 7 nitrogen and oxygen atoms in total. The van der Waals surface area contributed by atoms with E-state index in [0.717, 1.165) is 28.7 Å². The lowest BCUT2D eigenvalue weighted by Gasteiger charge is -2.74. The minimum atomic E-state index is -3.79. The molecule has 1 N–H and O–H groups in total. The van der Waals surface area contributed by atoms with E-state index in [1.807, 2.05) is 0 Å². The molecule has 0 aliphatic heterocycles. The summed E-state index contributed by atoms with van der Waals surface area (Å²) in [4.78, 5) is 11.7. The third-order valence-electron chi connectivity index (χ3n) is 7.29. The Bertz CT molecular complexity index is 1230. The van der Waals surface area contributed by atoms with Crippen molar-refractivity contribution in [3.05, 3.63) is 77.1 Å². The van der Waals surface area contributed by atoms with E-state index in [2.05, 4.69) is 20.3 Å². The number of methoxy groups -OCH3 is 1. The lowest BCUT2D eigenvalue weighted by molar-refractivity contribution is -0.347. The first-order valence-corrected chi connectivity index (χ1v) is 10.5. The molecule has 11 heteroatoms. The molecule has 1 atom stereocenters. The van der Waals surface area contributed by atoms with Gasteiger partial charge in [0.15, 0.2) is 5.60 Å². The van der Waals surface area contributed by atoms with E-state index in [-0.39, 0.29) is 19.3 Å². The zero-order valence-corrected chi connectivity index (χ0v) is 18.0. The number of esters is 1. The lowest BCUT2D eigenvalue weighted by atomic mass is 9.30. The minimum absolute atomic E-state index is 0.0608. The Morgan fingerprint density at radius 1 is 1.15 bits per heavy atom. The number of rotatable bonds is 7. The average molecular weight is 476 g/mol. The number of hydrogen-bond donors (Lipinski definition) is 1. The van der Waals surface area contributed by atoms with E-state index in [9.17, 15) is 18.7 Å². The molecule has 2 bridgehead atoms. The van der Waals surface area contributed by atoms with Crippen LogP contribution in [0.2, 0.25) is 0 Å². The molecule has 3 aliphatic carbocycles. The number of ether oxygens (including phenoxy) is 1. The van der Waals surface area contributed by atoms with E-state index < -0.39 is 52.1 Å². The SMILES string of the molecule is COC(=O)c1ccc(C23CC(C(F)(F)[C@](O)(Cn4cnnn4)c4ccc(F)cc4F)(C2)C3)cc1. The van der Waals surface area contributed by atoms with E-state index >= 15 is 8.78 Å². The first-order chi connectivity index (χ1) is 16.1. The Labute approximate surface area is 191 Å². The third kappa shape index (κ3) is 2.99. The molecule has 178 valence electrons. The molecule has 34 heavy (non-hydrogen) atoms. The molecule has 0 unspecified atom stereocenters. The van der Waals surface area contributed by atoms with Crippen molar-refractivity contribution >= 4 is 5.97 Å². The zero-order valence-electron chi connectivity index (χ0n) is 18.0. The van der Waals surface area contributed by atoms with Crippen molar-refractivity contribution in [3.63, 3.8) is 0 Å². The van der Waals surface area contributed by atoms with E-state index in [4.69, 9.17) is 0 Å². The predicted molar refractivity (Wildman–Crippen MR) is 109 cm³/mol. The topological polar surface area (TPSA) is 90.1 Å². The normalized spacial score (nSPS) is 25.1. The highest BCUT2D eigenvalue weighted by Gasteiger charge is 2.82. The van der Waals surface area contributed by atoms with Crippen LogP contribution in [-0.4, -0.2) is 44.3 Å². The van der Waals surface area contributed by atoms with Gasteiger partial charge in [-0.3, -0.25) is 0 Å². The van der Waals surface area contributed by atoms with Crippen LogP contribution in [0.1, 0.15) is 40.7 Å². The summed E-state index contributed by atoms with van der Waals surface area (Å²) < 4.78 is 66.0. The number of aromatic nitrogens is 4. The summed E-state index contributed by atoms with van der Waals surface area (Å²) >= 11 is 0. The van der Waals surface area contributed by atoms with Crippen LogP contribution in [0.3, 0.4) is 0 Å². The van der Waals surface area contributed by atoms with Crippen LogP contribution in [0.4, 0.5) is 17.6 Å². The molecule has 3 aliphatic rings. The Balaban J connectivity index is 1.46. The number of alkyl halides is 2. The molecule has 0 radical (unpaired) electrons. The second kappa shape index (κ2) is 7.33. The summed E-state index contributed by atoms with van der Waals surface area (Å²) in [6.07, 6.45) is 1.22. The fourth-order valence-corrected chi connectivity index (χ4v) is 5.61. The third-order valence-corrected chi connectivity index (χ3v) is 7.29. The predicted octanol–water partition coefficient (Wildman–Crippen LogP) is 3.38. The quantitative estimate of drug-likeness (QED) is 0.416. The van der Waals surface area contributed by atoms with Crippen LogP contribution in [0.15, 0.2) is 48.8 Å². The maximum atomic E-state index is 16.1. The standard InChI is InChI=1S/C23H20F4N4O3/c1-34-19(32)14-2-4-15(5-3-14)20-9-21(10-20,11-20)23(26,27)22(33,12-31-13-28-29-30-31)17-7-6-16(24)8-18(17)25/h2-8,13,33H,9-12H2,1H3/t20?,21?,22-/m0/s1. The monoisotopic (exact) mass is 476 g/mol. The van der Waals surface area contributed by atoms with Gasteiger partial charge < -0.3 is 9.84 Å². The fraction of sp³-hybridized carbons (Fsp3) is 0.391. The van der Waals surface area contributed by atoms with Crippen molar-refractivity contribution in [1.82, 2.24) is 20.2 Å². The summed E-state index contributed by atoms with van der Waals surface area (Å²) in [6, 6.07) is 8.69. The van der Waals surface area contributed by atoms with Crippen molar-refractivity contribution < 1.29 is 32.2 Å². The Kier molecular flexibility index (Phi) is 4.84. The Hall–Kier alpha value is -3.34. The van der Waals surface area contributed by atoms with Gasteiger partial charge in [0.05, 0.1) is 19.2 Å². The van der Waals surface area contributed by atoms with Crippen molar-refractivity contribution in [2.45, 2.75) is 42.7 Å². The Morgan fingerprint density at radius 3 is 2.38 bits per heavy atom. The van der Waals surface area contributed by atoms with Crippen LogP contribution in [0.25, 0.3) is 0 Å². The molecule has 3 aromatic rings. The van der Waals surface area contributed by atoms with Crippen LogP contribution < -0.4 is 0 Å². The van der Waals surface area contributed by atoms with Crippen LogP contribution in [0.5, 0.6) is 0 Å². The largest absolute Gasteiger partial charge is 0.465 e. The molecular weight excluding hydrogens is 456 g/mol. The number of hydrogen-bond acceptors (Lipinski definition) is 6. The van der Waals surface area contributed by atoms with Crippen molar-refractivity contribution in [1.29, 1.82) is 0 Å². The van der Waals surface area contributed by atoms with E-state index in [1.165, 1.54) is 7.11 Å². The first kappa shape index (κ1) is 22.5. The molecule has 0 spiro atoms. The number of carbonyl (C=O) groups is 1. The van der Waals surface area contributed by atoms with Gasteiger partial charge in [0, 0.05) is 17.0 Å². The lowest BCUT2D eigenvalue weighted by Crippen LogP contribution is -2.76. The zero-order chi connectivity index (χ0) is 24.4. The number of carbonyl (C=O) groups excluding carboxylic acids is 1. The van der Waals surface area contributed by atoms with Crippen molar-refractivity contribution in [2.24, 2.45) is 5.41 Å². The van der Waals surface area contributed by atoms with Crippen LogP contribution in [-0.2, 0) is 22.3 Å². The molecule has 1 aromatic heterocycles. The van der Waals surface area contributed by atoms with Crippen LogP contribution in [0, 0.1) is 17.0 Å². The number of nitrogens with zero attached hydrogens (tertiary/aromatic N) is 4. The summed E-state index contributed by atoms with van der Waals surface area (Å²) in [5.74, 6) is -6.52. The van der Waals surface area contributed by atoms with Gasteiger partial charge in [0.2, 0.25) is 0 Å². The highest BCUT2D eigenvalue weighted by Crippen LogP contribution is 2.80. The summed E-state index contributed by atoms with van der Waals surface area (Å²) in [6.45, 7) is -0.821. The smallest absolute Gasteiger partial charge is 0.337 e. The molecule has 3 fully saturated rings. The molecular formula is C23H20F4N4O3. The maximum Gasteiger partial charge on any atom is 0.337 e. The maximum absolute atomic E-state index is 16.1.